The van der Waals surface area contributed by atoms with Gasteiger partial charge in [-0.3, -0.25) is 4.79 Å². The minimum Gasteiger partial charge on any atom is -0.493 e. The predicted molar refractivity (Wildman–Crippen MR) is 117 cm³/mol. The van der Waals surface area contributed by atoms with E-state index >= 15 is 0 Å². The van der Waals surface area contributed by atoms with Crippen molar-refractivity contribution >= 4 is 11.6 Å². The summed E-state index contributed by atoms with van der Waals surface area (Å²) < 4.78 is 5.97. The number of piperazine rings is 1. The molecular formula is C24H28N4O2. The Morgan fingerprint density at radius 1 is 1.07 bits per heavy atom. The quantitative estimate of drug-likeness (QED) is 0.830. The van der Waals surface area contributed by atoms with Gasteiger partial charge in [0.1, 0.15) is 5.75 Å². The molecule has 156 valence electrons. The summed E-state index contributed by atoms with van der Waals surface area (Å²) >= 11 is 0. The van der Waals surface area contributed by atoms with Gasteiger partial charge >= 0.3 is 0 Å². The van der Waals surface area contributed by atoms with Crippen LogP contribution in [-0.2, 0) is 0 Å². The number of amides is 1. The first kappa shape index (κ1) is 20.2. The first-order valence-corrected chi connectivity index (χ1v) is 10.7. The molecule has 2 heterocycles. The number of piperidine rings is 1. The Balaban J connectivity index is 1.27. The number of nitrogens with zero attached hydrogens (tertiary/aromatic N) is 3. The highest BCUT2D eigenvalue weighted by Crippen LogP contribution is 2.22. The zero-order valence-corrected chi connectivity index (χ0v) is 17.2. The standard InChI is InChI=1S/C24H28N4O2/c25-16-19-3-5-21(6-4-19)24(29)28-14-12-27(13-15-28)22-7-9-23(10-8-22)30-18-20-2-1-11-26-17-20/h3-10,20,26H,1-2,11-15,17-18H2/t20-/m0/s1. The molecule has 0 aromatic heterocycles. The van der Waals surface area contributed by atoms with Crippen molar-refractivity contribution in [1.82, 2.24) is 10.2 Å². The van der Waals surface area contributed by atoms with Crippen LogP contribution in [0.4, 0.5) is 5.69 Å². The molecule has 0 aliphatic carbocycles. The third-order valence-electron chi connectivity index (χ3n) is 5.91. The van der Waals surface area contributed by atoms with E-state index in [0.29, 0.717) is 30.1 Å². The minimum atomic E-state index is 0.0279. The molecule has 1 N–H and O–H groups in total. The number of nitriles is 1. The first-order valence-electron chi connectivity index (χ1n) is 10.7. The summed E-state index contributed by atoms with van der Waals surface area (Å²) in [4.78, 5) is 16.9. The number of ether oxygens (including phenoxy) is 1. The fourth-order valence-electron chi connectivity index (χ4n) is 4.07. The van der Waals surface area contributed by atoms with E-state index in [1.54, 1.807) is 24.3 Å². The van der Waals surface area contributed by atoms with Gasteiger partial charge in [-0.15, -0.1) is 0 Å². The van der Waals surface area contributed by atoms with Crippen molar-refractivity contribution in [2.24, 2.45) is 5.92 Å². The van der Waals surface area contributed by atoms with Gasteiger partial charge in [-0.2, -0.15) is 5.26 Å². The molecule has 0 saturated carbocycles. The number of anilines is 1. The lowest BCUT2D eigenvalue weighted by atomic mass is 10.0. The van der Waals surface area contributed by atoms with Crippen molar-refractivity contribution in [3.8, 4) is 11.8 Å². The number of hydrogen-bond acceptors (Lipinski definition) is 5. The normalized spacial score (nSPS) is 19.2. The van der Waals surface area contributed by atoms with Crippen molar-refractivity contribution in [2.75, 3.05) is 50.8 Å². The highest BCUT2D eigenvalue weighted by molar-refractivity contribution is 5.94. The molecule has 1 amide bonds. The highest BCUT2D eigenvalue weighted by atomic mass is 16.5. The lowest BCUT2D eigenvalue weighted by Gasteiger charge is -2.36. The van der Waals surface area contributed by atoms with E-state index in [2.05, 4.69) is 28.4 Å². The summed E-state index contributed by atoms with van der Waals surface area (Å²) in [5, 5.41) is 12.3. The Labute approximate surface area is 178 Å². The third kappa shape index (κ3) is 4.92. The van der Waals surface area contributed by atoms with E-state index in [4.69, 9.17) is 10.00 Å². The second-order valence-corrected chi connectivity index (χ2v) is 7.99. The van der Waals surface area contributed by atoms with Crippen LogP contribution in [0.3, 0.4) is 0 Å². The smallest absolute Gasteiger partial charge is 0.253 e. The van der Waals surface area contributed by atoms with E-state index < -0.39 is 0 Å². The lowest BCUT2D eigenvalue weighted by molar-refractivity contribution is 0.0747. The lowest BCUT2D eigenvalue weighted by Crippen LogP contribution is -2.48. The van der Waals surface area contributed by atoms with Crippen LogP contribution in [-0.4, -0.2) is 56.7 Å². The second-order valence-electron chi connectivity index (χ2n) is 7.99. The molecular weight excluding hydrogens is 376 g/mol. The van der Waals surface area contributed by atoms with Crippen LogP contribution in [0, 0.1) is 17.2 Å². The van der Waals surface area contributed by atoms with Crippen molar-refractivity contribution in [3.63, 3.8) is 0 Å². The highest BCUT2D eigenvalue weighted by Gasteiger charge is 2.22. The monoisotopic (exact) mass is 404 g/mol. The van der Waals surface area contributed by atoms with Crippen LogP contribution in [0.1, 0.15) is 28.8 Å². The Hall–Kier alpha value is -3.04. The zero-order chi connectivity index (χ0) is 20.8. The zero-order valence-electron chi connectivity index (χ0n) is 17.2. The fourth-order valence-corrected chi connectivity index (χ4v) is 4.07. The SMILES string of the molecule is N#Cc1ccc(C(=O)N2CCN(c3ccc(OC[C@H]4CCCNC4)cc3)CC2)cc1. The van der Waals surface area contributed by atoms with Crippen molar-refractivity contribution in [2.45, 2.75) is 12.8 Å². The predicted octanol–water partition coefficient (Wildman–Crippen LogP) is 2.90. The largest absolute Gasteiger partial charge is 0.493 e. The molecule has 0 bridgehead atoms. The summed E-state index contributed by atoms with van der Waals surface area (Å²) in [5.74, 6) is 1.54. The molecule has 2 fully saturated rings. The molecule has 2 aliphatic heterocycles. The van der Waals surface area contributed by atoms with Crippen LogP contribution >= 0.6 is 0 Å². The van der Waals surface area contributed by atoms with E-state index in [1.807, 2.05) is 17.0 Å². The fraction of sp³-hybridized carbons (Fsp3) is 0.417. The van der Waals surface area contributed by atoms with Gasteiger partial charge in [0.05, 0.1) is 18.2 Å². The Morgan fingerprint density at radius 3 is 2.43 bits per heavy atom. The average molecular weight is 405 g/mol. The van der Waals surface area contributed by atoms with E-state index in [0.717, 1.165) is 44.2 Å². The van der Waals surface area contributed by atoms with Gasteiger partial charge in [0.15, 0.2) is 0 Å². The first-order chi connectivity index (χ1) is 14.7. The third-order valence-corrected chi connectivity index (χ3v) is 5.91. The average Bonchev–Trinajstić information content (AvgIpc) is 2.83. The Bertz CT molecular complexity index is 875. The van der Waals surface area contributed by atoms with Gasteiger partial charge in [0.2, 0.25) is 0 Å². The maximum Gasteiger partial charge on any atom is 0.253 e. The summed E-state index contributed by atoms with van der Waals surface area (Å²) in [5.41, 5.74) is 2.36. The van der Waals surface area contributed by atoms with Crippen LogP contribution in [0.5, 0.6) is 5.75 Å². The van der Waals surface area contributed by atoms with Crippen LogP contribution in [0.15, 0.2) is 48.5 Å². The molecule has 4 rings (SSSR count). The van der Waals surface area contributed by atoms with Gasteiger partial charge in [-0.05, 0) is 67.9 Å². The van der Waals surface area contributed by atoms with Gasteiger partial charge in [-0.25, -0.2) is 0 Å². The summed E-state index contributed by atoms with van der Waals surface area (Å²) in [7, 11) is 0. The molecule has 2 saturated heterocycles. The molecule has 2 aromatic carbocycles. The van der Waals surface area contributed by atoms with Gasteiger partial charge in [0.25, 0.3) is 5.91 Å². The number of benzene rings is 2. The molecule has 1 atom stereocenters. The van der Waals surface area contributed by atoms with Gasteiger partial charge in [-0.1, -0.05) is 0 Å². The second kappa shape index (κ2) is 9.64. The minimum absolute atomic E-state index is 0.0279. The van der Waals surface area contributed by atoms with E-state index in [9.17, 15) is 4.79 Å². The van der Waals surface area contributed by atoms with Crippen molar-refractivity contribution in [1.29, 1.82) is 5.26 Å². The van der Waals surface area contributed by atoms with E-state index in [-0.39, 0.29) is 5.91 Å². The molecule has 2 aliphatic rings. The topological polar surface area (TPSA) is 68.6 Å². The number of nitrogens with one attached hydrogen (secondary N) is 1. The summed E-state index contributed by atoms with van der Waals surface area (Å²) in [6.07, 6.45) is 2.46. The van der Waals surface area contributed by atoms with Crippen LogP contribution < -0.4 is 15.0 Å². The molecule has 30 heavy (non-hydrogen) atoms. The summed E-state index contributed by atoms with van der Waals surface area (Å²) in [6, 6.07) is 17.2. The van der Waals surface area contributed by atoms with Gasteiger partial charge in [0, 0.05) is 49.9 Å². The molecule has 6 heteroatoms. The number of carbonyl (C=O) groups is 1. The molecule has 0 radical (unpaired) electrons. The van der Waals surface area contributed by atoms with Crippen LogP contribution in [0.2, 0.25) is 0 Å². The maximum atomic E-state index is 12.7. The van der Waals surface area contributed by atoms with Crippen molar-refractivity contribution in [3.05, 3.63) is 59.7 Å². The molecule has 2 aromatic rings. The number of hydrogen-bond donors (Lipinski definition) is 1. The molecule has 6 nitrogen and oxygen atoms in total. The molecule has 0 spiro atoms. The van der Waals surface area contributed by atoms with Crippen molar-refractivity contribution < 1.29 is 9.53 Å². The van der Waals surface area contributed by atoms with Crippen LogP contribution in [0.25, 0.3) is 0 Å². The number of rotatable bonds is 5. The maximum absolute atomic E-state index is 12.7. The summed E-state index contributed by atoms with van der Waals surface area (Å²) in [6.45, 7) is 5.91. The van der Waals surface area contributed by atoms with Gasteiger partial charge < -0.3 is 19.9 Å². The molecule has 0 unspecified atom stereocenters. The Kier molecular flexibility index (Phi) is 6.50. The van der Waals surface area contributed by atoms with E-state index in [1.165, 1.54) is 12.8 Å². The Morgan fingerprint density at radius 2 is 1.80 bits per heavy atom. The number of carbonyl (C=O) groups excluding carboxylic acids is 1.